The van der Waals surface area contributed by atoms with Gasteiger partial charge < -0.3 is 18.7 Å². The Morgan fingerprint density at radius 1 is 1.26 bits per heavy atom. The van der Waals surface area contributed by atoms with Gasteiger partial charge in [0.1, 0.15) is 12.4 Å². The van der Waals surface area contributed by atoms with E-state index in [2.05, 4.69) is 20.3 Å². The smallest absolute Gasteiger partial charge is 0.324 e. The molecule has 11 nitrogen and oxygen atoms in total. The molecule has 5 rings (SSSR count). The van der Waals surface area contributed by atoms with E-state index < -0.39 is 0 Å². The van der Waals surface area contributed by atoms with E-state index in [0.29, 0.717) is 16.9 Å². The van der Waals surface area contributed by atoms with Gasteiger partial charge in [0, 0.05) is 48.8 Å². The molecular formula is C22H25N9O2S. The lowest BCUT2D eigenvalue weighted by atomic mass is 10.1. The highest BCUT2D eigenvalue weighted by molar-refractivity contribution is 7.11. The molecule has 4 heterocycles. The van der Waals surface area contributed by atoms with Crippen LogP contribution in [0.5, 0.6) is 5.19 Å². The Labute approximate surface area is 199 Å². The van der Waals surface area contributed by atoms with E-state index in [1.165, 1.54) is 16.3 Å². The first-order valence-electron chi connectivity index (χ1n) is 11.0. The van der Waals surface area contributed by atoms with Crippen LogP contribution in [0.3, 0.4) is 0 Å². The molecule has 176 valence electrons. The first-order chi connectivity index (χ1) is 16.6. The van der Waals surface area contributed by atoms with E-state index in [1.54, 1.807) is 0 Å². The summed E-state index contributed by atoms with van der Waals surface area (Å²) in [5.41, 5.74) is 8.82. The third-order valence-corrected chi connectivity index (χ3v) is 6.53. The average Bonchev–Trinajstić information content (AvgIpc) is 3.60. The molecule has 1 aromatic carbocycles. The summed E-state index contributed by atoms with van der Waals surface area (Å²) in [5.74, 6) is 1.77. The fourth-order valence-electron chi connectivity index (χ4n) is 3.94. The second kappa shape index (κ2) is 9.21. The zero-order valence-electron chi connectivity index (χ0n) is 18.9. The van der Waals surface area contributed by atoms with E-state index in [4.69, 9.17) is 25.2 Å². The molecule has 12 heteroatoms. The van der Waals surface area contributed by atoms with Crippen molar-refractivity contribution in [3.63, 3.8) is 0 Å². The standard InChI is InChI=1S/C22H25N9O2S/c1-14(2)20-26-21(33-27-20)29-8-6-17(7-9-29)32-22-25-19(12-34-22)30-10-5-15-11-16(3-4-18(15)30)31(13-23)28-24/h3-5,10-14,17,23-24H,6-9H2,1-2H3. The predicted octanol–water partition coefficient (Wildman–Crippen LogP) is 5.00. The van der Waals surface area contributed by atoms with Gasteiger partial charge in [-0.05, 0) is 24.3 Å². The van der Waals surface area contributed by atoms with Gasteiger partial charge >= 0.3 is 6.01 Å². The summed E-state index contributed by atoms with van der Waals surface area (Å²) in [5, 5.41) is 19.5. The average molecular weight is 480 g/mol. The number of ether oxygens (including phenoxy) is 1. The number of thiazole rings is 1. The molecule has 0 bridgehead atoms. The summed E-state index contributed by atoms with van der Waals surface area (Å²) in [6, 6.07) is 8.21. The normalized spacial score (nSPS) is 14.6. The minimum absolute atomic E-state index is 0.0902. The summed E-state index contributed by atoms with van der Waals surface area (Å²) < 4.78 is 13.6. The SMILES string of the molecule is CC(C)c1noc(N2CCC(Oc3nc(-n4ccc5cc(N(C=N)N=N)ccc54)cs3)CC2)n1. The van der Waals surface area contributed by atoms with Crippen molar-refractivity contribution in [3.8, 4) is 11.0 Å². The second-order valence-electron chi connectivity index (χ2n) is 8.37. The van der Waals surface area contributed by atoms with Gasteiger partial charge in [-0.15, -0.1) is 0 Å². The molecule has 3 aromatic heterocycles. The number of nitrogens with zero attached hydrogens (tertiary/aromatic N) is 7. The number of aromatic nitrogens is 4. The molecule has 1 aliphatic rings. The van der Waals surface area contributed by atoms with Gasteiger partial charge in [0.15, 0.2) is 11.6 Å². The molecule has 1 aliphatic heterocycles. The van der Waals surface area contributed by atoms with Gasteiger partial charge in [0.05, 0.1) is 11.2 Å². The first kappa shape index (κ1) is 22.0. The van der Waals surface area contributed by atoms with E-state index >= 15 is 0 Å². The molecule has 34 heavy (non-hydrogen) atoms. The van der Waals surface area contributed by atoms with E-state index in [1.807, 2.05) is 54.3 Å². The molecule has 0 amide bonds. The quantitative estimate of drug-likeness (QED) is 0.157. The number of hydrogen-bond acceptors (Lipinski definition) is 10. The molecule has 0 unspecified atom stereocenters. The fraction of sp³-hybridized carbons (Fsp3) is 0.364. The lowest BCUT2D eigenvalue weighted by Gasteiger charge is -2.29. The summed E-state index contributed by atoms with van der Waals surface area (Å²) in [7, 11) is 0. The Hall–Kier alpha value is -3.80. The van der Waals surface area contributed by atoms with Gasteiger partial charge in [-0.25, -0.2) is 5.01 Å². The second-order valence-corrected chi connectivity index (χ2v) is 9.19. The van der Waals surface area contributed by atoms with Crippen LogP contribution in [-0.4, -0.2) is 45.2 Å². The predicted molar refractivity (Wildman–Crippen MR) is 130 cm³/mol. The lowest BCUT2D eigenvalue weighted by Crippen LogP contribution is -2.38. The molecule has 2 N–H and O–H groups in total. The van der Waals surface area contributed by atoms with E-state index in [-0.39, 0.29) is 12.0 Å². The van der Waals surface area contributed by atoms with Crippen LogP contribution in [0.25, 0.3) is 16.7 Å². The van der Waals surface area contributed by atoms with E-state index in [0.717, 1.165) is 54.8 Å². The highest BCUT2D eigenvalue weighted by atomic mass is 32.1. The molecular weight excluding hydrogens is 454 g/mol. The van der Waals surface area contributed by atoms with Crippen LogP contribution in [0, 0.1) is 10.9 Å². The Morgan fingerprint density at radius 3 is 2.79 bits per heavy atom. The highest BCUT2D eigenvalue weighted by Crippen LogP contribution is 2.30. The van der Waals surface area contributed by atoms with Crippen LogP contribution in [-0.2, 0) is 0 Å². The minimum atomic E-state index is 0.0902. The largest absolute Gasteiger partial charge is 0.467 e. The number of fused-ring (bicyclic) bond motifs is 1. The fourth-order valence-corrected chi connectivity index (χ4v) is 4.65. The molecule has 0 saturated carbocycles. The number of piperidine rings is 1. The van der Waals surface area contributed by atoms with Gasteiger partial charge in [0.2, 0.25) is 0 Å². The molecule has 0 radical (unpaired) electrons. The third-order valence-electron chi connectivity index (χ3n) is 5.81. The van der Waals surface area contributed by atoms with Crippen molar-refractivity contribution < 1.29 is 9.26 Å². The molecule has 0 spiro atoms. The maximum Gasteiger partial charge on any atom is 0.324 e. The number of anilines is 2. The van der Waals surface area contributed by atoms with Crippen LogP contribution in [0.15, 0.2) is 45.6 Å². The number of rotatable bonds is 8. The number of benzene rings is 1. The molecule has 4 aromatic rings. The van der Waals surface area contributed by atoms with Crippen LogP contribution >= 0.6 is 11.3 Å². The third kappa shape index (κ3) is 4.23. The Balaban J connectivity index is 1.24. The van der Waals surface area contributed by atoms with Crippen molar-refractivity contribution in [2.45, 2.75) is 38.7 Å². The van der Waals surface area contributed by atoms with Gasteiger partial charge in [-0.1, -0.05) is 35.6 Å². The zero-order chi connectivity index (χ0) is 23.7. The molecule has 0 aliphatic carbocycles. The van der Waals surface area contributed by atoms with Crippen molar-refractivity contribution in [2.75, 3.05) is 23.0 Å². The van der Waals surface area contributed by atoms with E-state index in [9.17, 15) is 0 Å². The van der Waals surface area contributed by atoms with Crippen molar-refractivity contribution in [1.82, 2.24) is 19.7 Å². The van der Waals surface area contributed by atoms with Gasteiger partial charge in [-0.3, -0.25) is 5.41 Å². The van der Waals surface area contributed by atoms with Crippen LogP contribution in [0.4, 0.5) is 11.7 Å². The topological polar surface area (TPSA) is 133 Å². The Kier molecular flexibility index (Phi) is 5.97. The molecule has 1 saturated heterocycles. The molecule has 1 fully saturated rings. The van der Waals surface area contributed by atoms with Gasteiger partial charge in [0.25, 0.3) is 5.19 Å². The van der Waals surface area contributed by atoms with Gasteiger partial charge in [-0.2, -0.15) is 15.5 Å². The first-order valence-corrected chi connectivity index (χ1v) is 11.9. The maximum absolute atomic E-state index is 7.37. The highest BCUT2D eigenvalue weighted by Gasteiger charge is 2.25. The summed E-state index contributed by atoms with van der Waals surface area (Å²) in [6.07, 6.45) is 4.76. The minimum Gasteiger partial charge on any atom is -0.467 e. The Bertz CT molecular complexity index is 1290. The van der Waals surface area contributed by atoms with Crippen LogP contribution in [0.1, 0.15) is 38.4 Å². The number of hydrogen-bond donors (Lipinski definition) is 2. The van der Waals surface area contributed by atoms with Crippen molar-refractivity contribution in [1.29, 1.82) is 10.9 Å². The van der Waals surface area contributed by atoms with Crippen LogP contribution in [0.2, 0.25) is 0 Å². The van der Waals surface area contributed by atoms with Crippen molar-refractivity contribution >= 4 is 40.3 Å². The monoisotopic (exact) mass is 479 g/mol. The summed E-state index contributed by atoms with van der Waals surface area (Å²) in [6.45, 7) is 5.69. The summed E-state index contributed by atoms with van der Waals surface area (Å²) >= 11 is 1.48. The summed E-state index contributed by atoms with van der Waals surface area (Å²) in [4.78, 5) is 11.3. The molecule has 0 atom stereocenters. The maximum atomic E-state index is 7.37. The number of nitrogens with one attached hydrogen (secondary N) is 2. The van der Waals surface area contributed by atoms with Crippen molar-refractivity contribution in [2.24, 2.45) is 5.22 Å². The lowest BCUT2D eigenvalue weighted by molar-refractivity contribution is 0.168. The van der Waals surface area contributed by atoms with Crippen LogP contribution < -0.4 is 14.6 Å². The van der Waals surface area contributed by atoms with Crippen molar-refractivity contribution in [3.05, 3.63) is 41.7 Å². The Morgan fingerprint density at radius 2 is 2.09 bits per heavy atom. The zero-order valence-corrected chi connectivity index (χ0v) is 19.7.